The molecule has 0 aromatic heterocycles. The van der Waals surface area contributed by atoms with Crippen LogP contribution >= 0.6 is 11.6 Å². The van der Waals surface area contributed by atoms with Gasteiger partial charge in [0.05, 0.1) is 5.56 Å². The molecule has 104 valence electrons. The highest BCUT2D eigenvalue weighted by Crippen LogP contribution is 2.21. The third-order valence-electron chi connectivity index (χ3n) is 2.94. The molecule has 2 aromatic carbocycles. The molecule has 2 aromatic rings. The van der Waals surface area contributed by atoms with E-state index in [0.717, 1.165) is 5.69 Å². The molecule has 0 atom stereocenters. The van der Waals surface area contributed by atoms with Gasteiger partial charge in [-0.1, -0.05) is 11.6 Å². The number of halogens is 2. The number of hydrogen-bond donors (Lipinski definition) is 2. The van der Waals surface area contributed by atoms with E-state index in [2.05, 4.69) is 5.32 Å². The van der Waals surface area contributed by atoms with E-state index in [1.807, 2.05) is 0 Å². The van der Waals surface area contributed by atoms with Gasteiger partial charge in [-0.25, -0.2) is 9.18 Å². The highest BCUT2D eigenvalue weighted by Gasteiger charge is 2.06. The molecule has 20 heavy (non-hydrogen) atoms. The summed E-state index contributed by atoms with van der Waals surface area (Å²) in [6.45, 7) is 2.02. The summed E-state index contributed by atoms with van der Waals surface area (Å²) in [6.07, 6.45) is 0. The summed E-state index contributed by atoms with van der Waals surface area (Å²) in [5.41, 5.74) is 2.11. The summed E-state index contributed by atoms with van der Waals surface area (Å²) in [5.74, 6) is -1.27. The van der Waals surface area contributed by atoms with Gasteiger partial charge in [0.15, 0.2) is 0 Å². The van der Waals surface area contributed by atoms with Crippen molar-refractivity contribution in [2.75, 3.05) is 5.32 Å². The SMILES string of the molecule is Cc1cc(Cl)c(CNc2ccc(C(=O)O)cc2)cc1F. The smallest absolute Gasteiger partial charge is 0.335 e. The Morgan fingerprint density at radius 2 is 1.95 bits per heavy atom. The van der Waals surface area contributed by atoms with Crippen LogP contribution in [0.3, 0.4) is 0 Å². The lowest BCUT2D eigenvalue weighted by atomic mass is 10.1. The molecule has 0 saturated carbocycles. The van der Waals surface area contributed by atoms with Gasteiger partial charge in [-0.05, 0) is 54.4 Å². The number of carboxylic acid groups (broad SMARTS) is 1. The largest absolute Gasteiger partial charge is 0.478 e. The zero-order chi connectivity index (χ0) is 14.7. The predicted octanol–water partition coefficient (Wildman–Crippen LogP) is 4.10. The molecule has 2 N–H and O–H groups in total. The van der Waals surface area contributed by atoms with Crippen LogP contribution in [-0.4, -0.2) is 11.1 Å². The molecule has 0 bridgehead atoms. The van der Waals surface area contributed by atoms with Gasteiger partial charge in [-0.15, -0.1) is 0 Å². The maximum atomic E-state index is 13.5. The van der Waals surface area contributed by atoms with E-state index in [9.17, 15) is 9.18 Å². The molecular weight excluding hydrogens is 281 g/mol. The normalized spacial score (nSPS) is 10.3. The zero-order valence-electron chi connectivity index (χ0n) is 10.8. The van der Waals surface area contributed by atoms with Crippen LogP contribution in [0.15, 0.2) is 36.4 Å². The summed E-state index contributed by atoms with van der Waals surface area (Å²) in [7, 11) is 0. The van der Waals surface area contributed by atoms with Crippen molar-refractivity contribution >= 4 is 23.3 Å². The van der Waals surface area contributed by atoms with E-state index >= 15 is 0 Å². The van der Waals surface area contributed by atoms with Gasteiger partial charge in [0, 0.05) is 17.3 Å². The van der Waals surface area contributed by atoms with Crippen molar-refractivity contribution in [1.82, 2.24) is 0 Å². The highest BCUT2D eigenvalue weighted by atomic mass is 35.5. The predicted molar refractivity (Wildman–Crippen MR) is 76.9 cm³/mol. The monoisotopic (exact) mass is 293 g/mol. The number of anilines is 1. The summed E-state index contributed by atoms with van der Waals surface area (Å²) in [6, 6.07) is 9.30. The number of carboxylic acids is 1. The third kappa shape index (κ3) is 3.27. The topological polar surface area (TPSA) is 49.3 Å². The van der Waals surface area contributed by atoms with Crippen LogP contribution < -0.4 is 5.32 Å². The number of rotatable bonds is 4. The van der Waals surface area contributed by atoms with E-state index < -0.39 is 5.97 Å². The van der Waals surface area contributed by atoms with Crippen LogP contribution in [0.25, 0.3) is 0 Å². The first-order valence-corrected chi connectivity index (χ1v) is 6.37. The Bertz CT molecular complexity index is 641. The Morgan fingerprint density at radius 1 is 1.30 bits per heavy atom. The van der Waals surface area contributed by atoms with Gasteiger partial charge in [0.1, 0.15) is 5.82 Å². The quantitative estimate of drug-likeness (QED) is 0.892. The second-order valence-corrected chi connectivity index (χ2v) is 4.84. The van der Waals surface area contributed by atoms with Gasteiger partial charge in [0.25, 0.3) is 0 Å². The molecule has 0 aliphatic rings. The molecule has 0 unspecified atom stereocenters. The standard InChI is InChI=1S/C15H13ClFNO2/c1-9-6-13(16)11(7-14(9)17)8-18-12-4-2-10(3-5-12)15(19)20/h2-7,18H,8H2,1H3,(H,19,20). The Hall–Kier alpha value is -2.07. The molecule has 0 amide bonds. The van der Waals surface area contributed by atoms with Gasteiger partial charge in [-0.2, -0.15) is 0 Å². The molecule has 0 radical (unpaired) electrons. The second-order valence-electron chi connectivity index (χ2n) is 4.43. The molecule has 0 fully saturated rings. The molecule has 0 heterocycles. The van der Waals surface area contributed by atoms with Crippen molar-refractivity contribution in [3.05, 3.63) is 63.9 Å². The van der Waals surface area contributed by atoms with Crippen LogP contribution in [0, 0.1) is 12.7 Å². The minimum atomic E-state index is -0.972. The molecule has 0 aliphatic heterocycles. The lowest BCUT2D eigenvalue weighted by molar-refractivity contribution is 0.0697. The van der Waals surface area contributed by atoms with Crippen LogP contribution in [-0.2, 0) is 6.54 Å². The minimum absolute atomic E-state index is 0.218. The maximum absolute atomic E-state index is 13.5. The number of carbonyl (C=O) groups is 1. The van der Waals surface area contributed by atoms with Gasteiger partial charge in [-0.3, -0.25) is 0 Å². The van der Waals surface area contributed by atoms with Crippen LogP contribution in [0.2, 0.25) is 5.02 Å². The Balaban J connectivity index is 2.09. The van der Waals surface area contributed by atoms with Gasteiger partial charge >= 0.3 is 5.97 Å². The Kier molecular flexibility index (Phi) is 4.25. The number of hydrogen-bond acceptors (Lipinski definition) is 2. The minimum Gasteiger partial charge on any atom is -0.478 e. The molecule has 5 heteroatoms. The first-order valence-electron chi connectivity index (χ1n) is 5.99. The molecule has 0 saturated heterocycles. The average molecular weight is 294 g/mol. The molecule has 0 aliphatic carbocycles. The number of aromatic carboxylic acids is 1. The number of benzene rings is 2. The molecular formula is C15H13ClFNO2. The third-order valence-corrected chi connectivity index (χ3v) is 3.29. The van der Waals surface area contributed by atoms with Crippen molar-refractivity contribution in [3.63, 3.8) is 0 Å². The number of aryl methyl sites for hydroxylation is 1. The molecule has 3 nitrogen and oxygen atoms in total. The fourth-order valence-electron chi connectivity index (χ4n) is 1.75. The fourth-order valence-corrected chi connectivity index (χ4v) is 2.04. The highest BCUT2D eigenvalue weighted by molar-refractivity contribution is 6.31. The lowest BCUT2D eigenvalue weighted by Gasteiger charge is -2.09. The van der Waals surface area contributed by atoms with E-state index in [1.165, 1.54) is 18.2 Å². The lowest BCUT2D eigenvalue weighted by Crippen LogP contribution is -2.02. The zero-order valence-corrected chi connectivity index (χ0v) is 11.5. The van der Waals surface area contributed by atoms with E-state index in [-0.39, 0.29) is 11.4 Å². The maximum Gasteiger partial charge on any atom is 0.335 e. The van der Waals surface area contributed by atoms with Crippen LogP contribution in [0.5, 0.6) is 0 Å². The van der Waals surface area contributed by atoms with Crippen molar-refractivity contribution in [3.8, 4) is 0 Å². The van der Waals surface area contributed by atoms with Gasteiger partial charge in [0.2, 0.25) is 0 Å². The van der Waals surface area contributed by atoms with E-state index in [4.69, 9.17) is 16.7 Å². The van der Waals surface area contributed by atoms with Crippen molar-refractivity contribution in [2.24, 2.45) is 0 Å². The van der Waals surface area contributed by atoms with Gasteiger partial charge < -0.3 is 10.4 Å². The molecule has 2 rings (SSSR count). The van der Waals surface area contributed by atoms with Crippen LogP contribution in [0.1, 0.15) is 21.5 Å². The average Bonchev–Trinajstić information content (AvgIpc) is 2.42. The summed E-state index contributed by atoms with van der Waals surface area (Å²) in [5, 5.41) is 12.4. The van der Waals surface area contributed by atoms with E-state index in [0.29, 0.717) is 22.7 Å². The van der Waals surface area contributed by atoms with Crippen LogP contribution in [0.4, 0.5) is 10.1 Å². The van der Waals surface area contributed by atoms with E-state index in [1.54, 1.807) is 25.1 Å². The Labute approximate surface area is 121 Å². The fraction of sp³-hybridized carbons (Fsp3) is 0.133. The summed E-state index contributed by atoms with van der Waals surface area (Å²) < 4.78 is 13.5. The Morgan fingerprint density at radius 3 is 2.55 bits per heavy atom. The van der Waals surface area contributed by atoms with Crippen molar-refractivity contribution < 1.29 is 14.3 Å². The second kappa shape index (κ2) is 5.92. The van der Waals surface area contributed by atoms with Crippen molar-refractivity contribution in [2.45, 2.75) is 13.5 Å². The molecule has 0 spiro atoms. The first-order chi connectivity index (χ1) is 9.47. The summed E-state index contributed by atoms with van der Waals surface area (Å²) >= 11 is 6.05. The number of nitrogens with one attached hydrogen (secondary N) is 1. The van der Waals surface area contributed by atoms with Crippen molar-refractivity contribution in [1.29, 1.82) is 0 Å². The first kappa shape index (κ1) is 14.3. The summed E-state index contributed by atoms with van der Waals surface area (Å²) in [4.78, 5) is 10.7.